The summed E-state index contributed by atoms with van der Waals surface area (Å²) in [6.45, 7) is 0. The summed E-state index contributed by atoms with van der Waals surface area (Å²) in [5, 5.41) is 14.7. The number of benzene rings is 2. The van der Waals surface area contributed by atoms with E-state index in [2.05, 4.69) is 0 Å². The number of carboxylic acid groups (broad SMARTS) is 1. The van der Waals surface area contributed by atoms with Crippen molar-refractivity contribution >= 4 is 50.4 Å². The van der Waals surface area contributed by atoms with E-state index in [0.717, 1.165) is 11.1 Å². The van der Waals surface area contributed by atoms with Crippen LogP contribution in [0.15, 0.2) is 68.6 Å². The number of sulfone groups is 1. The Hall–Kier alpha value is -3.03. The lowest BCUT2D eigenvalue weighted by molar-refractivity contribution is -0.192. The van der Waals surface area contributed by atoms with E-state index in [-0.39, 0.29) is 15.6 Å². The molecule has 0 atom stereocenters. The summed E-state index contributed by atoms with van der Waals surface area (Å²) in [5.74, 6) is -2.90. The minimum Gasteiger partial charge on any atom is -0.475 e. The zero-order valence-corrected chi connectivity index (χ0v) is 19.3. The van der Waals surface area contributed by atoms with Crippen molar-refractivity contribution < 1.29 is 31.5 Å². The van der Waals surface area contributed by atoms with E-state index in [1.165, 1.54) is 29.2 Å². The van der Waals surface area contributed by atoms with Gasteiger partial charge in [0.1, 0.15) is 5.84 Å². The second-order valence-corrected chi connectivity index (χ2v) is 10.4. The van der Waals surface area contributed by atoms with Crippen LogP contribution in [0.2, 0.25) is 0 Å². The summed E-state index contributed by atoms with van der Waals surface area (Å²) in [7, 11) is -3.73. The third-order valence-electron chi connectivity index (χ3n) is 4.01. The van der Waals surface area contributed by atoms with Gasteiger partial charge >= 0.3 is 12.1 Å². The number of rotatable bonds is 5. The molecule has 13 heteroatoms. The fourth-order valence-electron chi connectivity index (χ4n) is 2.51. The number of anilines is 1. The Morgan fingerprint density at radius 2 is 1.64 bits per heavy atom. The van der Waals surface area contributed by atoms with Crippen LogP contribution in [0, 0.1) is 5.41 Å². The van der Waals surface area contributed by atoms with Gasteiger partial charge in [-0.05, 0) is 47.7 Å². The topological polar surface area (TPSA) is 147 Å². The molecule has 33 heavy (non-hydrogen) atoms. The van der Waals surface area contributed by atoms with Crippen molar-refractivity contribution in [3.05, 3.63) is 59.5 Å². The average molecular weight is 518 g/mol. The number of amidine groups is 1. The third kappa shape index (κ3) is 6.49. The van der Waals surface area contributed by atoms with Gasteiger partial charge in [0.2, 0.25) is 9.84 Å². The molecule has 1 aromatic heterocycles. The van der Waals surface area contributed by atoms with Crippen LogP contribution in [0.4, 0.5) is 18.9 Å². The van der Waals surface area contributed by atoms with Gasteiger partial charge in [0, 0.05) is 5.69 Å². The maximum atomic E-state index is 13.2. The SMILES string of the molecule is CSc1sc(C(=N)N)cc1S(=O)(=O)c1cccc(-c2cccc(N)c2)c1.O=C(O)C(F)(F)F. The summed E-state index contributed by atoms with van der Waals surface area (Å²) in [6, 6.07) is 15.5. The molecule has 0 saturated heterocycles. The van der Waals surface area contributed by atoms with Crippen molar-refractivity contribution in [1.82, 2.24) is 0 Å². The number of aliphatic carboxylic acids is 1. The molecule has 0 aliphatic rings. The number of nitrogen functional groups attached to an aromatic ring is 2. The van der Waals surface area contributed by atoms with Gasteiger partial charge in [-0.2, -0.15) is 13.2 Å². The fourth-order valence-corrected chi connectivity index (χ4v) is 6.41. The molecular weight excluding hydrogens is 499 g/mol. The average Bonchev–Trinajstić information content (AvgIpc) is 3.19. The summed E-state index contributed by atoms with van der Waals surface area (Å²) >= 11 is 2.54. The van der Waals surface area contributed by atoms with E-state index in [1.54, 1.807) is 36.6 Å². The Kier molecular flexibility index (Phi) is 8.16. The molecular formula is C20H18F3N3O4S3. The van der Waals surface area contributed by atoms with Crippen LogP contribution in [-0.4, -0.2) is 37.8 Å². The van der Waals surface area contributed by atoms with E-state index < -0.39 is 22.0 Å². The number of halogens is 3. The largest absolute Gasteiger partial charge is 0.490 e. The highest BCUT2D eigenvalue weighted by Crippen LogP contribution is 2.37. The van der Waals surface area contributed by atoms with E-state index in [0.29, 0.717) is 14.8 Å². The van der Waals surface area contributed by atoms with Crippen molar-refractivity contribution in [3.63, 3.8) is 0 Å². The number of alkyl halides is 3. The summed E-state index contributed by atoms with van der Waals surface area (Å²) in [5.41, 5.74) is 13.6. The Morgan fingerprint density at radius 1 is 1.09 bits per heavy atom. The van der Waals surface area contributed by atoms with E-state index in [1.807, 2.05) is 18.2 Å². The molecule has 0 aliphatic carbocycles. The first kappa shape index (κ1) is 26.2. The van der Waals surface area contributed by atoms with Gasteiger partial charge in [-0.25, -0.2) is 13.2 Å². The van der Waals surface area contributed by atoms with Gasteiger partial charge in [0.25, 0.3) is 0 Å². The molecule has 0 amide bonds. The molecule has 0 radical (unpaired) electrons. The molecule has 0 saturated carbocycles. The van der Waals surface area contributed by atoms with E-state index >= 15 is 0 Å². The Bertz CT molecular complexity index is 1290. The molecule has 0 unspecified atom stereocenters. The second-order valence-electron chi connectivity index (χ2n) is 6.34. The highest BCUT2D eigenvalue weighted by Gasteiger charge is 2.38. The lowest BCUT2D eigenvalue weighted by Gasteiger charge is -2.08. The van der Waals surface area contributed by atoms with E-state index in [9.17, 15) is 21.6 Å². The smallest absolute Gasteiger partial charge is 0.475 e. The minimum absolute atomic E-state index is 0.139. The fraction of sp³-hybridized carbons (Fsp3) is 0.100. The summed E-state index contributed by atoms with van der Waals surface area (Å²) in [6.07, 6.45) is -3.28. The predicted octanol–water partition coefficient (Wildman–Crippen LogP) is 4.47. The quantitative estimate of drug-likeness (QED) is 0.169. The van der Waals surface area contributed by atoms with Gasteiger partial charge < -0.3 is 16.6 Å². The number of carbonyl (C=O) groups is 1. The first-order valence-electron chi connectivity index (χ1n) is 8.80. The molecule has 2 aromatic carbocycles. The predicted molar refractivity (Wildman–Crippen MR) is 123 cm³/mol. The third-order valence-corrected chi connectivity index (χ3v) is 8.35. The summed E-state index contributed by atoms with van der Waals surface area (Å²) < 4.78 is 58.7. The van der Waals surface area contributed by atoms with Crippen LogP contribution in [0.3, 0.4) is 0 Å². The molecule has 6 N–H and O–H groups in total. The number of nitrogens with two attached hydrogens (primary N) is 2. The zero-order chi connectivity index (χ0) is 25.0. The monoisotopic (exact) mass is 517 g/mol. The van der Waals surface area contributed by atoms with Gasteiger partial charge in [0.05, 0.1) is 18.9 Å². The molecule has 1 heterocycles. The molecule has 7 nitrogen and oxygen atoms in total. The maximum absolute atomic E-state index is 13.2. The highest BCUT2D eigenvalue weighted by molar-refractivity contribution is 8.01. The molecule has 0 fully saturated rings. The lowest BCUT2D eigenvalue weighted by Crippen LogP contribution is -2.21. The number of thioether (sulfide) groups is 1. The van der Waals surface area contributed by atoms with Crippen molar-refractivity contribution in [2.45, 2.75) is 20.2 Å². The van der Waals surface area contributed by atoms with Crippen LogP contribution in [0.1, 0.15) is 4.88 Å². The van der Waals surface area contributed by atoms with Crippen molar-refractivity contribution in [2.24, 2.45) is 5.73 Å². The molecule has 3 aromatic rings. The molecule has 0 aliphatic heterocycles. The number of hydrogen-bond donors (Lipinski definition) is 4. The molecule has 3 rings (SSSR count). The van der Waals surface area contributed by atoms with Crippen LogP contribution >= 0.6 is 23.1 Å². The Morgan fingerprint density at radius 3 is 2.12 bits per heavy atom. The second kappa shape index (κ2) is 10.3. The Balaban J connectivity index is 0.000000479. The number of thiophene rings is 1. The maximum Gasteiger partial charge on any atom is 0.490 e. The lowest BCUT2D eigenvalue weighted by atomic mass is 10.1. The van der Waals surface area contributed by atoms with Crippen LogP contribution < -0.4 is 11.5 Å². The summed E-state index contributed by atoms with van der Waals surface area (Å²) in [4.78, 5) is 9.72. The molecule has 0 bridgehead atoms. The van der Waals surface area contributed by atoms with Crippen LogP contribution in [0.25, 0.3) is 11.1 Å². The van der Waals surface area contributed by atoms with Crippen molar-refractivity contribution in [1.29, 1.82) is 5.41 Å². The van der Waals surface area contributed by atoms with Crippen LogP contribution in [-0.2, 0) is 14.6 Å². The zero-order valence-electron chi connectivity index (χ0n) is 16.9. The minimum atomic E-state index is -5.08. The molecule has 176 valence electrons. The van der Waals surface area contributed by atoms with Gasteiger partial charge in [-0.1, -0.05) is 24.3 Å². The Labute approximate surface area is 195 Å². The van der Waals surface area contributed by atoms with Gasteiger partial charge in [0.15, 0.2) is 0 Å². The van der Waals surface area contributed by atoms with Crippen LogP contribution in [0.5, 0.6) is 0 Å². The number of hydrogen-bond acceptors (Lipinski definition) is 7. The van der Waals surface area contributed by atoms with Gasteiger partial charge in [-0.3, -0.25) is 5.41 Å². The van der Waals surface area contributed by atoms with Gasteiger partial charge in [-0.15, -0.1) is 23.1 Å². The number of nitrogens with one attached hydrogen (secondary N) is 1. The number of carboxylic acids is 1. The van der Waals surface area contributed by atoms with E-state index in [4.69, 9.17) is 26.8 Å². The highest BCUT2D eigenvalue weighted by atomic mass is 32.2. The normalized spacial score (nSPS) is 11.4. The van der Waals surface area contributed by atoms with Crippen molar-refractivity contribution in [2.75, 3.05) is 12.0 Å². The first-order chi connectivity index (χ1) is 15.3. The van der Waals surface area contributed by atoms with Crippen molar-refractivity contribution in [3.8, 4) is 11.1 Å². The molecule has 0 spiro atoms. The standard InChI is InChI=1S/C18H17N3O2S3.C2HF3O2/c1-24-18-16(10-15(25-18)17(20)21)26(22,23)14-7-3-5-12(9-14)11-4-2-6-13(19)8-11;3-2(4,5)1(6)7/h2-10H,19H2,1H3,(H3,20,21);(H,6,7). The first-order valence-corrected chi connectivity index (χ1v) is 12.3.